The lowest BCUT2D eigenvalue weighted by Gasteiger charge is -2.60. The fraction of sp³-hybridized carbons (Fsp3) is 0.727. The third-order valence-electron chi connectivity index (χ3n) is 10.5. The van der Waals surface area contributed by atoms with Gasteiger partial charge in [0.25, 0.3) is 0 Å². The molecule has 14 heteroatoms. The number of ether oxygens (including phenoxy) is 5. The van der Waals surface area contributed by atoms with Gasteiger partial charge in [0.15, 0.2) is 18.2 Å². The largest absolute Gasteiger partial charge is 0.497 e. The first-order valence-corrected chi connectivity index (χ1v) is 17.1. The minimum Gasteiger partial charge on any atom is -0.497 e. The van der Waals surface area contributed by atoms with Crippen molar-refractivity contribution in [2.75, 3.05) is 75.2 Å². The Labute approximate surface area is 276 Å². The number of hydrogen-bond acceptors (Lipinski definition) is 14. The zero-order chi connectivity index (χ0) is 32.4. The van der Waals surface area contributed by atoms with E-state index in [0.29, 0.717) is 69.1 Å². The van der Waals surface area contributed by atoms with Crippen LogP contribution in [0.25, 0.3) is 0 Å². The Balaban J connectivity index is 0.909. The van der Waals surface area contributed by atoms with Crippen molar-refractivity contribution in [2.24, 2.45) is 23.7 Å². The fourth-order valence-corrected chi connectivity index (χ4v) is 7.91. The number of fused-ring (bicyclic) bond motifs is 2. The maximum absolute atomic E-state index is 6.53. The van der Waals surface area contributed by atoms with Gasteiger partial charge in [-0.15, -0.1) is 0 Å². The van der Waals surface area contributed by atoms with Crippen molar-refractivity contribution >= 4 is 23.5 Å². The summed E-state index contributed by atoms with van der Waals surface area (Å²) >= 11 is 0. The highest BCUT2D eigenvalue weighted by atomic mass is 17.3. The first kappa shape index (κ1) is 32.7. The molecule has 258 valence electrons. The van der Waals surface area contributed by atoms with E-state index in [1.807, 2.05) is 31.2 Å². The normalized spacial score (nSPS) is 34.8. The van der Waals surface area contributed by atoms with Gasteiger partial charge in [-0.25, -0.2) is 9.78 Å². The number of benzene rings is 1. The molecular weight excluding hydrogens is 606 g/mol. The van der Waals surface area contributed by atoms with Crippen molar-refractivity contribution in [3.05, 3.63) is 24.3 Å². The van der Waals surface area contributed by atoms with Crippen molar-refractivity contribution in [3.63, 3.8) is 0 Å². The molecule has 1 aliphatic carbocycles. The van der Waals surface area contributed by atoms with E-state index in [-0.39, 0.29) is 18.1 Å². The van der Waals surface area contributed by atoms with Crippen molar-refractivity contribution < 1.29 is 33.5 Å². The first-order valence-electron chi connectivity index (χ1n) is 17.1. The second kappa shape index (κ2) is 13.9. The number of nitrogens with one attached hydrogen (secondary N) is 3. The topological polar surface area (TPSA) is 143 Å². The van der Waals surface area contributed by atoms with Crippen molar-refractivity contribution in [3.8, 4) is 5.75 Å². The van der Waals surface area contributed by atoms with Gasteiger partial charge in [0.1, 0.15) is 5.75 Å². The average molecular weight is 656 g/mol. The molecule has 1 aromatic heterocycles. The minimum atomic E-state index is -0.787. The summed E-state index contributed by atoms with van der Waals surface area (Å²) in [5.41, 5.74) is 0.285. The number of aromatic nitrogens is 3. The van der Waals surface area contributed by atoms with Crippen molar-refractivity contribution in [1.82, 2.24) is 20.3 Å². The van der Waals surface area contributed by atoms with Crippen LogP contribution in [0.15, 0.2) is 24.3 Å². The second-order valence-corrected chi connectivity index (χ2v) is 13.6. The molecule has 6 fully saturated rings. The SMILES string of the molecule is COc1ccc(Nc2nc(NCCNCCO[C@H]3O[C@@H]4O[C@@]5(C)CC[C@H]6[C@H](C)CC[C@@H]([C@H]3C)[C@@]46OO5)nc(N3CCOCC3)n2)cc1. The predicted molar refractivity (Wildman–Crippen MR) is 173 cm³/mol. The molecular formula is C33H49N7O7. The van der Waals surface area contributed by atoms with Crippen LogP contribution in [0.4, 0.5) is 23.5 Å². The number of methoxy groups -OCH3 is 1. The quantitative estimate of drug-likeness (QED) is 0.226. The second-order valence-electron chi connectivity index (χ2n) is 13.6. The maximum atomic E-state index is 6.53. The third kappa shape index (κ3) is 6.74. The van der Waals surface area contributed by atoms with E-state index >= 15 is 0 Å². The zero-order valence-electron chi connectivity index (χ0n) is 27.9. The highest BCUT2D eigenvalue weighted by Crippen LogP contribution is 2.60. The molecule has 14 nitrogen and oxygen atoms in total. The minimum absolute atomic E-state index is 0.155. The Morgan fingerprint density at radius 1 is 0.936 bits per heavy atom. The van der Waals surface area contributed by atoms with Gasteiger partial charge >= 0.3 is 0 Å². The smallest absolute Gasteiger partial charge is 0.233 e. The first-order chi connectivity index (χ1) is 22.9. The molecule has 5 saturated heterocycles. The predicted octanol–water partition coefficient (Wildman–Crippen LogP) is 3.69. The molecule has 6 aliphatic rings. The molecule has 1 aromatic carbocycles. The van der Waals surface area contributed by atoms with E-state index in [9.17, 15) is 0 Å². The number of morpholine rings is 1. The Bertz CT molecular complexity index is 1350. The summed E-state index contributed by atoms with van der Waals surface area (Å²) in [5.74, 6) is 2.87. The molecule has 0 amide bonds. The molecule has 1 spiro atoms. The number of anilines is 4. The van der Waals surface area contributed by atoms with E-state index < -0.39 is 17.7 Å². The molecule has 2 aromatic rings. The number of rotatable bonds is 12. The van der Waals surface area contributed by atoms with Crippen LogP contribution in [0.3, 0.4) is 0 Å². The molecule has 47 heavy (non-hydrogen) atoms. The van der Waals surface area contributed by atoms with Crippen LogP contribution in [0.1, 0.15) is 46.5 Å². The van der Waals surface area contributed by atoms with Crippen LogP contribution in [-0.4, -0.2) is 98.6 Å². The molecule has 8 rings (SSSR count). The summed E-state index contributed by atoms with van der Waals surface area (Å²) in [5, 5.41) is 10.1. The van der Waals surface area contributed by atoms with Crippen LogP contribution < -0.4 is 25.6 Å². The van der Waals surface area contributed by atoms with E-state index in [0.717, 1.165) is 43.8 Å². The van der Waals surface area contributed by atoms with Gasteiger partial charge in [-0.1, -0.05) is 13.8 Å². The average Bonchev–Trinajstić information content (AvgIpc) is 3.32. The molecule has 0 radical (unpaired) electrons. The van der Waals surface area contributed by atoms with Crippen molar-refractivity contribution in [2.45, 2.75) is 70.4 Å². The van der Waals surface area contributed by atoms with Gasteiger partial charge in [0.2, 0.25) is 23.6 Å². The van der Waals surface area contributed by atoms with Crippen LogP contribution in [0.2, 0.25) is 0 Å². The van der Waals surface area contributed by atoms with Gasteiger partial charge in [0.05, 0.1) is 26.9 Å². The lowest BCUT2D eigenvalue weighted by atomic mass is 9.58. The number of hydrogen-bond donors (Lipinski definition) is 3. The molecule has 3 N–H and O–H groups in total. The van der Waals surface area contributed by atoms with E-state index in [4.69, 9.17) is 38.4 Å². The Morgan fingerprint density at radius 3 is 2.55 bits per heavy atom. The summed E-state index contributed by atoms with van der Waals surface area (Å²) in [6.45, 7) is 11.7. The summed E-state index contributed by atoms with van der Waals surface area (Å²) in [6.07, 6.45) is 3.18. The van der Waals surface area contributed by atoms with Crippen molar-refractivity contribution in [1.29, 1.82) is 0 Å². The van der Waals surface area contributed by atoms with Crippen LogP contribution in [-0.2, 0) is 28.7 Å². The summed E-state index contributed by atoms with van der Waals surface area (Å²) < 4.78 is 30.1. The Morgan fingerprint density at radius 2 is 1.74 bits per heavy atom. The van der Waals surface area contributed by atoms with Crippen LogP contribution >= 0.6 is 0 Å². The van der Waals surface area contributed by atoms with Gasteiger partial charge < -0.3 is 44.5 Å². The molecule has 2 bridgehead atoms. The van der Waals surface area contributed by atoms with E-state index in [1.54, 1.807) is 7.11 Å². The Kier molecular flexibility index (Phi) is 9.70. The standard InChI is InChI=1S/C33H49N7O7/c1-21-5-10-26-22(2)27(44-28-33(26)25(21)11-12-32(3,45-28)46-47-33)43-18-15-34-13-14-35-29-37-30(36-23-6-8-24(41-4)9-7-23)39-31(38-29)40-16-19-42-20-17-40/h6-9,21-22,25-28,34H,5,10-20H2,1-4H3,(H2,35,36,37,38,39)/t21-,22-,25+,26+,27+,28-,32-,33-/m1/s1. The van der Waals surface area contributed by atoms with E-state index in [1.165, 1.54) is 6.42 Å². The molecule has 0 unspecified atom stereocenters. The lowest BCUT2D eigenvalue weighted by Crippen LogP contribution is -2.70. The molecule has 8 atom stereocenters. The van der Waals surface area contributed by atoms with Crippen LogP contribution in [0, 0.1) is 23.7 Å². The van der Waals surface area contributed by atoms with Gasteiger partial charge in [-0.05, 0) is 62.3 Å². The Hall–Kier alpha value is -2.85. The summed E-state index contributed by atoms with van der Waals surface area (Å²) in [4.78, 5) is 28.3. The maximum Gasteiger partial charge on any atom is 0.233 e. The molecule has 6 heterocycles. The van der Waals surface area contributed by atoms with Crippen LogP contribution in [0.5, 0.6) is 5.75 Å². The third-order valence-corrected chi connectivity index (χ3v) is 10.5. The summed E-state index contributed by atoms with van der Waals surface area (Å²) in [7, 11) is 1.65. The van der Waals surface area contributed by atoms with Gasteiger partial charge in [-0.3, -0.25) is 0 Å². The molecule has 5 aliphatic heterocycles. The van der Waals surface area contributed by atoms with Gasteiger partial charge in [0, 0.05) is 56.7 Å². The zero-order valence-corrected chi connectivity index (χ0v) is 27.9. The monoisotopic (exact) mass is 655 g/mol. The highest BCUT2D eigenvalue weighted by molar-refractivity contribution is 5.57. The fourth-order valence-electron chi connectivity index (χ4n) is 7.91. The summed E-state index contributed by atoms with van der Waals surface area (Å²) in [6, 6.07) is 7.64. The molecule has 1 saturated carbocycles. The van der Waals surface area contributed by atoms with Gasteiger partial charge in [-0.2, -0.15) is 15.0 Å². The van der Waals surface area contributed by atoms with E-state index in [2.05, 4.69) is 44.7 Å². The lowest BCUT2D eigenvalue weighted by molar-refractivity contribution is -0.577. The highest BCUT2D eigenvalue weighted by Gasteiger charge is 2.69. The number of nitrogens with zero attached hydrogens (tertiary/aromatic N) is 4.